The Morgan fingerprint density at radius 3 is 2.39 bits per heavy atom. The van der Waals surface area contributed by atoms with Gasteiger partial charge in [-0.2, -0.15) is 0 Å². The molecule has 15 nitrogen and oxygen atoms in total. The molecule has 0 aliphatic carbocycles. The molecule has 0 radical (unpaired) electrons. The van der Waals surface area contributed by atoms with Crippen LogP contribution >= 0.6 is 0 Å². The minimum absolute atomic E-state index is 0.0646. The molecular weight excluding hydrogens is 488 g/mol. The smallest absolute Gasteiger partial charge is 0.407 e. The first-order chi connectivity index (χ1) is 17.0. The Labute approximate surface area is 208 Å². The number of alkyl carbamates (subject to hydrolysis) is 1. The third-order valence-electron chi connectivity index (χ3n) is 5.08. The Hall–Kier alpha value is -2.11. The molecule has 1 heterocycles. The first-order valence-corrected chi connectivity index (χ1v) is 11.4. The molecule has 0 saturated carbocycles. The van der Waals surface area contributed by atoms with Gasteiger partial charge in [-0.05, 0) is 5.92 Å². The van der Waals surface area contributed by atoms with Gasteiger partial charge in [-0.15, -0.1) is 0 Å². The number of carboxylic acid groups (broad SMARTS) is 1. The Morgan fingerprint density at radius 1 is 1.14 bits per heavy atom. The summed E-state index contributed by atoms with van der Waals surface area (Å²) in [6, 6.07) is -1.42. The first kappa shape index (κ1) is 31.9. The first-order valence-electron chi connectivity index (χ1n) is 11.4. The van der Waals surface area contributed by atoms with Crippen molar-refractivity contribution in [2.24, 2.45) is 5.92 Å². The molecule has 1 rings (SSSR count). The molecule has 0 aromatic heterocycles. The quantitative estimate of drug-likeness (QED) is 0.101. The standard InChI is InChI=1S/C21H38N2O13/c1-12(2)11-35-21(19(29)30)8-13(25)16(18(36-21)17(28)14(26)10-24)23-15(27)9-22-20(31)34-7-6-33-5-4-32-3/h12-14,16-18,24-26,28H,4-11H2,1-3H3,(H,22,31)(H,23,27)(H,29,30). The van der Waals surface area contributed by atoms with Crippen LogP contribution in [0.2, 0.25) is 0 Å². The molecule has 0 aromatic carbocycles. The van der Waals surface area contributed by atoms with Gasteiger partial charge in [-0.25, -0.2) is 9.59 Å². The minimum atomic E-state index is -2.38. The van der Waals surface area contributed by atoms with E-state index in [1.165, 1.54) is 7.11 Å². The molecule has 1 fully saturated rings. The molecule has 36 heavy (non-hydrogen) atoms. The van der Waals surface area contributed by atoms with Crippen molar-refractivity contribution in [3.63, 3.8) is 0 Å². The molecular formula is C21H38N2O13. The third-order valence-corrected chi connectivity index (χ3v) is 5.08. The number of aliphatic hydroxyl groups is 4. The Morgan fingerprint density at radius 2 is 1.81 bits per heavy atom. The van der Waals surface area contributed by atoms with E-state index < -0.39 is 73.8 Å². The van der Waals surface area contributed by atoms with Gasteiger partial charge < -0.3 is 59.9 Å². The van der Waals surface area contributed by atoms with Crippen LogP contribution in [0.15, 0.2) is 0 Å². The summed E-state index contributed by atoms with van der Waals surface area (Å²) in [5.74, 6) is -4.90. The lowest BCUT2D eigenvalue weighted by Gasteiger charge is -2.46. The summed E-state index contributed by atoms with van der Waals surface area (Å²) in [6.45, 7) is 2.69. The normalized spacial score (nSPS) is 25.7. The molecule has 210 valence electrons. The fraction of sp³-hybridized carbons (Fsp3) is 0.857. The average Bonchev–Trinajstić information content (AvgIpc) is 2.83. The molecule has 2 amide bonds. The van der Waals surface area contributed by atoms with Crippen LogP contribution in [-0.4, -0.2) is 133 Å². The Kier molecular flexibility index (Phi) is 14.1. The molecule has 0 spiro atoms. The monoisotopic (exact) mass is 526 g/mol. The number of aliphatic carboxylic acids is 1. The van der Waals surface area contributed by atoms with E-state index in [-0.39, 0.29) is 25.7 Å². The zero-order valence-corrected chi connectivity index (χ0v) is 20.6. The van der Waals surface area contributed by atoms with Crippen LogP contribution in [-0.2, 0) is 33.3 Å². The summed E-state index contributed by atoms with van der Waals surface area (Å²) in [6.07, 6.45) is -8.52. The van der Waals surface area contributed by atoms with Gasteiger partial charge >= 0.3 is 12.1 Å². The number of amides is 2. The summed E-state index contributed by atoms with van der Waals surface area (Å²) in [4.78, 5) is 36.1. The average molecular weight is 527 g/mol. The van der Waals surface area contributed by atoms with E-state index in [1.54, 1.807) is 13.8 Å². The van der Waals surface area contributed by atoms with Crippen molar-refractivity contribution < 1.29 is 63.6 Å². The van der Waals surface area contributed by atoms with Crippen molar-refractivity contribution in [1.29, 1.82) is 0 Å². The number of nitrogens with one attached hydrogen (secondary N) is 2. The number of hydrogen-bond acceptors (Lipinski definition) is 12. The fourth-order valence-corrected chi connectivity index (χ4v) is 3.22. The minimum Gasteiger partial charge on any atom is -0.477 e. The van der Waals surface area contributed by atoms with Crippen molar-refractivity contribution in [2.75, 3.05) is 53.3 Å². The number of carboxylic acids is 1. The van der Waals surface area contributed by atoms with Crippen molar-refractivity contribution >= 4 is 18.0 Å². The van der Waals surface area contributed by atoms with E-state index in [0.29, 0.717) is 13.2 Å². The van der Waals surface area contributed by atoms with Gasteiger partial charge in [-0.3, -0.25) is 4.79 Å². The number of rotatable bonds is 16. The lowest BCUT2D eigenvalue weighted by Crippen LogP contribution is -2.68. The molecule has 15 heteroatoms. The van der Waals surface area contributed by atoms with E-state index in [1.807, 2.05) is 0 Å². The maximum atomic E-state index is 12.4. The molecule has 1 aliphatic rings. The SMILES string of the molecule is COCCOCCOC(=O)NCC(=O)NC1C(O)CC(OCC(C)C)(C(=O)O)OC1C(O)C(O)CO. The zero-order chi connectivity index (χ0) is 27.3. The van der Waals surface area contributed by atoms with Crippen LogP contribution in [0.3, 0.4) is 0 Å². The maximum absolute atomic E-state index is 12.4. The second kappa shape index (κ2) is 15.9. The van der Waals surface area contributed by atoms with Crippen LogP contribution in [0.5, 0.6) is 0 Å². The van der Waals surface area contributed by atoms with E-state index in [0.717, 1.165) is 0 Å². The lowest BCUT2D eigenvalue weighted by molar-refractivity contribution is -0.313. The van der Waals surface area contributed by atoms with Crippen molar-refractivity contribution in [3.8, 4) is 0 Å². The number of carbonyl (C=O) groups is 3. The number of aliphatic hydroxyl groups excluding tert-OH is 4. The Bertz CT molecular complexity index is 695. The molecule has 6 atom stereocenters. The van der Waals surface area contributed by atoms with E-state index in [4.69, 9.17) is 23.7 Å². The van der Waals surface area contributed by atoms with Gasteiger partial charge in [0, 0.05) is 13.5 Å². The van der Waals surface area contributed by atoms with Crippen molar-refractivity contribution in [1.82, 2.24) is 10.6 Å². The van der Waals surface area contributed by atoms with Crippen LogP contribution in [0.1, 0.15) is 20.3 Å². The van der Waals surface area contributed by atoms with Crippen LogP contribution < -0.4 is 10.6 Å². The predicted octanol–water partition coefficient (Wildman–Crippen LogP) is -2.82. The number of ether oxygens (including phenoxy) is 5. The molecule has 1 saturated heterocycles. The number of hydrogen-bond donors (Lipinski definition) is 7. The van der Waals surface area contributed by atoms with Crippen LogP contribution in [0.4, 0.5) is 4.79 Å². The zero-order valence-electron chi connectivity index (χ0n) is 20.6. The largest absolute Gasteiger partial charge is 0.477 e. The van der Waals surface area contributed by atoms with Crippen molar-refractivity contribution in [2.45, 2.75) is 56.5 Å². The van der Waals surface area contributed by atoms with Crippen molar-refractivity contribution in [3.05, 3.63) is 0 Å². The van der Waals surface area contributed by atoms with E-state index in [9.17, 15) is 39.9 Å². The van der Waals surface area contributed by atoms with E-state index >= 15 is 0 Å². The fourth-order valence-electron chi connectivity index (χ4n) is 3.22. The topological polar surface area (TPSA) is 223 Å². The maximum Gasteiger partial charge on any atom is 0.407 e. The highest BCUT2D eigenvalue weighted by molar-refractivity contribution is 5.82. The summed E-state index contributed by atoms with van der Waals surface area (Å²) in [5.41, 5.74) is 0. The third kappa shape index (κ3) is 10.1. The molecule has 1 aliphatic heterocycles. The molecule has 0 bridgehead atoms. The van der Waals surface area contributed by atoms with E-state index in [2.05, 4.69) is 10.6 Å². The van der Waals surface area contributed by atoms with Crippen LogP contribution in [0.25, 0.3) is 0 Å². The summed E-state index contributed by atoms with van der Waals surface area (Å²) >= 11 is 0. The van der Waals surface area contributed by atoms with Gasteiger partial charge in [0.25, 0.3) is 5.79 Å². The van der Waals surface area contributed by atoms with Gasteiger partial charge in [0.05, 0.1) is 45.2 Å². The predicted molar refractivity (Wildman–Crippen MR) is 120 cm³/mol. The molecule has 6 unspecified atom stereocenters. The Balaban J connectivity index is 2.81. The second-order valence-electron chi connectivity index (χ2n) is 8.55. The van der Waals surface area contributed by atoms with Crippen LogP contribution in [0, 0.1) is 5.92 Å². The second-order valence-corrected chi connectivity index (χ2v) is 8.55. The van der Waals surface area contributed by atoms with Gasteiger partial charge in [0.15, 0.2) is 0 Å². The van der Waals surface area contributed by atoms with Gasteiger partial charge in [0.2, 0.25) is 5.91 Å². The summed E-state index contributed by atoms with van der Waals surface area (Å²) in [5, 5.41) is 54.6. The summed E-state index contributed by atoms with van der Waals surface area (Å²) in [7, 11) is 1.51. The molecule has 0 aromatic rings. The number of carbonyl (C=O) groups excluding carboxylic acids is 2. The lowest BCUT2D eigenvalue weighted by atomic mass is 9.88. The summed E-state index contributed by atoms with van der Waals surface area (Å²) < 4.78 is 25.7. The highest BCUT2D eigenvalue weighted by Crippen LogP contribution is 2.33. The molecule has 7 N–H and O–H groups in total. The van der Waals surface area contributed by atoms with Gasteiger partial charge in [-0.1, -0.05) is 13.8 Å². The highest BCUT2D eigenvalue weighted by Gasteiger charge is 2.55. The van der Waals surface area contributed by atoms with Gasteiger partial charge in [0.1, 0.15) is 31.5 Å². The number of methoxy groups -OCH3 is 1. The highest BCUT2D eigenvalue weighted by atomic mass is 16.7.